The van der Waals surface area contributed by atoms with Crippen molar-refractivity contribution < 1.29 is 73.8 Å². The van der Waals surface area contributed by atoms with Gasteiger partial charge in [-0.15, -0.1) is 0 Å². The molecule has 2 saturated heterocycles. The van der Waals surface area contributed by atoms with Gasteiger partial charge in [0, 0.05) is 12.8 Å². The average Bonchev–Trinajstić information content (AvgIpc) is 3.36. The predicted molar refractivity (Wildman–Crippen MR) is 275 cm³/mol. The van der Waals surface area contributed by atoms with E-state index in [1.807, 2.05) is 0 Å². The molecule has 15 nitrogen and oxygen atoms in total. The summed E-state index contributed by atoms with van der Waals surface area (Å²) in [6.45, 7) is 2.63. The number of rotatable bonds is 46. The molecule has 7 N–H and O–H groups in total. The quantitative estimate of drug-likeness (QED) is 0.0171. The number of esters is 2. The summed E-state index contributed by atoms with van der Waals surface area (Å²) in [5.74, 6) is -0.915. The number of allylic oxidation sites excluding steroid dienone is 2. The summed E-state index contributed by atoms with van der Waals surface area (Å²) in [6, 6.07) is 0. The van der Waals surface area contributed by atoms with Crippen molar-refractivity contribution in [2.75, 3.05) is 26.4 Å². The lowest BCUT2D eigenvalue weighted by atomic mass is 9.98. The molecule has 0 aromatic carbocycles. The Bertz CT molecular complexity index is 1290. The molecule has 0 aromatic rings. The third-order valence-corrected chi connectivity index (χ3v) is 14.0. The minimum atomic E-state index is -1.76. The number of aliphatic hydroxyl groups excluding tert-OH is 7. The van der Waals surface area contributed by atoms with Gasteiger partial charge in [-0.05, 0) is 38.5 Å². The highest BCUT2D eigenvalue weighted by Crippen LogP contribution is 2.27. The van der Waals surface area contributed by atoms with E-state index in [1.165, 1.54) is 148 Å². The third-order valence-electron chi connectivity index (χ3n) is 14.0. The zero-order valence-electron chi connectivity index (χ0n) is 44.5. The van der Waals surface area contributed by atoms with E-state index in [1.54, 1.807) is 0 Å². The van der Waals surface area contributed by atoms with Gasteiger partial charge in [-0.3, -0.25) is 9.59 Å². The van der Waals surface area contributed by atoms with Gasteiger partial charge in [-0.2, -0.15) is 0 Å². The maximum absolute atomic E-state index is 13.1. The van der Waals surface area contributed by atoms with E-state index in [0.29, 0.717) is 12.8 Å². The van der Waals surface area contributed by atoms with Crippen LogP contribution in [0.1, 0.15) is 239 Å². The van der Waals surface area contributed by atoms with E-state index in [0.717, 1.165) is 51.4 Å². The highest BCUT2D eigenvalue weighted by molar-refractivity contribution is 5.70. The third kappa shape index (κ3) is 31.0. The number of unbranched alkanes of at least 4 members (excludes halogenated alkanes) is 30. The molecule has 0 bridgehead atoms. The van der Waals surface area contributed by atoms with Crippen molar-refractivity contribution in [2.45, 2.75) is 306 Å². The van der Waals surface area contributed by atoms with Crippen molar-refractivity contribution in [3.05, 3.63) is 12.2 Å². The van der Waals surface area contributed by atoms with Crippen molar-refractivity contribution >= 4 is 11.9 Å². The van der Waals surface area contributed by atoms with E-state index in [2.05, 4.69) is 26.0 Å². The zero-order chi connectivity index (χ0) is 51.7. The molecule has 0 aromatic heterocycles. The van der Waals surface area contributed by atoms with Gasteiger partial charge in [0.25, 0.3) is 0 Å². The van der Waals surface area contributed by atoms with Crippen molar-refractivity contribution in [3.63, 3.8) is 0 Å². The largest absolute Gasteiger partial charge is 0.462 e. The van der Waals surface area contributed by atoms with E-state index in [-0.39, 0.29) is 26.1 Å². The molecule has 11 unspecified atom stereocenters. The second-order valence-corrected chi connectivity index (χ2v) is 20.5. The summed E-state index contributed by atoms with van der Waals surface area (Å²) in [7, 11) is 0. The highest BCUT2D eigenvalue weighted by atomic mass is 16.7. The van der Waals surface area contributed by atoms with Crippen molar-refractivity contribution in [1.82, 2.24) is 0 Å². The first-order chi connectivity index (χ1) is 34.5. The fourth-order valence-electron chi connectivity index (χ4n) is 9.27. The molecular weight excluding hydrogens is 913 g/mol. The summed E-state index contributed by atoms with van der Waals surface area (Å²) in [5, 5.41) is 72.2. The topological polar surface area (TPSA) is 231 Å². The fraction of sp³-hybridized carbons (Fsp3) is 0.929. The van der Waals surface area contributed by atoms with Gasteiger partial charge in [-0.25, -0.2) is 0 Å². The predicted octanol–water partition coefficient (Wildman–Crippen LogP) is 9.33. The second-order valence-electron chi connectivity index (χ2n) is 20.5. The first kappa shape index (κ1) is 65.4. The molecule has 0 aliphatic carbocycles. The van der Waals surface area contributed by atoms with Crippen LogP contribution >= 0.6 is 0 Å². The van der Waals surface area contributed by atoms with E-state index < -0.39 is 92.7 Å². The van der Waals surface area contributed by atoms with Crippen LogP contribution < -0.4 is 0 Å². The maximum Gasteiger partial charge on any atom is 0.306 e. The van der Waals surface area contributed by atoms with Crippen LogP contribution in [-0.2, 0) is 38.0 Å². The molecule has 0 radical (unpaired) electrons. The summed E-state index contributed by atoms with van der Waals surface area (Å²) in [5.41, 5.74) is 0. The smallest absolute Gasteiger partial charge is 0.306 e. The molecule has 0 amide bonds. The molecule has 2 aliphatic heterocycles. The van der Waals surface area contributed by atoms with Crippen LogP contribution in [0, 0.1) is 0 Å². The summed E-state index contributed by atoms with van der Waals surface area (Å²) >= 11 is 0. The summed E-state index contributed by atoms with van der Waals surface area (Å²) in [6.07, 6.45) is 28.0. The van der Waals surface area contributed by atoms with Crippen LogP contribution in [-0.4, -0.2) is 142 Å². The minimum absolute atomic E-state index is 0.165. The van der Waals surface area contributed by atoms with Gasteiger partial charge in [0.15, 0.2) is 18.7 Å². The molecule has 0 saturated carbocycles. The Labute approximate surface area is 429 Å². The molecule has 2 fully saturated rings. The van der Waals surface area contributed by atoms with Crippen LogP contribution in [0.15, 0.2) is 12.2 Å². The van der Waals surface area contributed by atoms with Crippen LogP contribution in [0.3, 0.4) is 0 Å². The fourth-order valence-corrected chi connectivity index (χ4v) is 9.27. The lowest BCUT2D eigenvalue weighted by molar-refractivity contribution is -0.332. The highest BCUT2D eigenvalue weighted by Gasteiger charge is 2.47. The molecular formula is C56H104O15. The van der Waals surface area contributed by atoms with Crippen LogP contribution in [0.25, 0.3) is 0 Å². The summed E-state index contributed by atoms with van der Waals surface area (Å²) in [4.78, 5) is 25.9. The Morgan fingerprint density at radius 1 is 0.437 bits per heavy atom. The van der Waals surface area contributed by atoms with Crippen LogP contribution in [0.2, 0.25) is 0 Å². The normalized spacial score (nSPS) is 25.2. The zero-order valence-corrected chi connectivity index (χ0v) is 44.5. The van der Waals surface area contributed by atoms with Gasteiger partial charge in [0.2, 0.25) is 0 Å². The first-order valence-electron chi connectivity index (χ1n) is 28.8. The maximum atomic E-state index is 13.1. The number of aliphatic hydroxyl groups is 7. The van der Waals surface area contributed by atoms with Crippen molar-refractivity contribution in [3.8, 4) is 0 Å². The molecule has 2 heterocycles. The minimum Gasteiger partial charge on any atom is -0.462 e. The molecule has 2 aliphatic rings. The molecule has 11 atom stereocenters. The Morgan fingerprint density at radius 2 is 0.803 bits per heavy atom. The first-order valence-corrected chi connectivity index (χ1v) is 28.8. The number of carbonyl (C=O) groups is 2. The average molecular weight is 1020 g/mol. The lowest BCUT2D eigenvalue weighted by Crippen LogP contribution is -2.61. The Hall–Kier alpha value is -1.76. The standard InChI is InChI=1S/C56H104O15/c1-3-5-7-9-11-13-15-17-19-21-23-25-27-29-31-33-35-37-39-48(59)69-44(41-66-47(58)38-36-34-32-30-28-26-24-22-20-18-16-14-12-10-8-6-4-2)42-67-55-54(65)52(63)50(61)46(71-55)43-68-56-53(64)51(62)49(60)45(40-57)70-56/h19,21,44-46,49-57,60-65H,3-18,20,22-43H2,1-2H3/b21-19-. The SMILES string of the molecule is CCCCCCCCC/C=C\CCCCCCCCCC(=O)OC(COC(=O)CCCCCCCCCCCCCCCCCCC)COC1OC(COC2OC(CO)C(O)C(O)C2O)C(O)C(O)C1O. The monoisotopic (exact) mass is 1020 g/mol. The molecule has 0 spiro atoms. The van der Waals surface area contributed by atoms with Crippen LogP contribution in [0.4, 0.5) is 0 Å². The Kier molecular flexibility index (Phi) is 40.0. The van der Waals surface area contributed by atoms with Gasteiger partial charge in [0.05, 0.1) is 19.8 Å². The van der Waals surface area contributed by atoms with Crippen molar-refractivity contribution in [1.29, 1.82) is 0 Å². The molecule has 2 rings (SSSR count). The number of hydrogen-bond donors (Lipinski definition) is 7. The Balaban J connectivity index is 1.76. The van der Waals surface area contributed by atoms with Gasteiger partial charge in [0.1, 0.15) is 55.4 Å². The van der Waals surface area contributed by atoms with E-state index in [9.17, 15) is 45.3 Å². The van der Waals surface area contributed by atoms with Crippen molar-refractivity contribution in [2.24, 2.45) is 0 Å². The number of hydrogen-bond acceptors (Lipinski definition) is 15. The number of carbonyl (C=O) groups excluding carboxylic acids is 2. The van der Waals surface area contributed by atoms with Gasteiger partial charge in [-0.1, -0.05) is 199 Å². The van der Waals surface area contributed by atoms with Gasteiger partial charge >= 0.3 is 11.9 Å². The van der Waals surface area contributed by atoms with E-state index in [4.69, 9.17) is 28.4 Å². The number of ether oxygens (including phenoxy) is 6. The van der Waals surface area contributed by atoms with Crippen LogP contribution in [0.5, 0.6) is 0 Å². The molecule has 15 heteroatoms. The molecule has 71 heavy (non-hydrogen) atoms. The second kappa shape index (κ2) is 43.5. The lowest BCUT2D eigenvalue weighted by Gasteiger charge is -2.42. The Morgan fingerprint density at radius 3 is 1.24 bits per heavy atom. The van der Waals surface area contributed by atoms with Gasteiger partial charge < -0.3 is 64.2 Å². The van der Waals surface area contributed by atoms with E-state index >= 15 is 0 Å². The molecule has 418 valence electrons. The summed E-state index contributed by atoms with van der Waals surface area (Å²) < 4.78 is 33.7.